The van der Waals surface area contributed by atoms with Crippen LogP contribution in [0, 0.1) is 5.41 Å². The van der Waals surface area contributed by atoms with E-state index in [0.717, 1.165) is 26.0 Å². The highest BCUT2D eigenvalue weighted by atomic mass is 16.5. The van der Waals surface area contributed by atoms with Crippen LogP contribution in [0.3, 0.4) is 0 Å². The first-order valence-corrected chi connectivity index (χ1v) is 5.60. The van der Waals surface area contributed by atoms with Crippen molar-refractivity contribution in [3.05, 3.63) is 0 Å². The van der Waals surface area contributed by atoms with E-state index in [9.17, 15) is 4.79 Å². The second kappa shape index (κ2) is 6.96. The van der Waals surface area contributed by atoms with Gasteiger partial charge in [0.15, 0.2) is 0 Å². The Kier molecular flexibility index (Phi) is 6.77. The van der Waals surface area contributed by atoms with Crippen molar-refractivity contribution in [2.45, 2.75) is 33.6 Å². The summed E-state index contributed by atoms with van der Waals surface area (Å²) >= 11 is 0. The molecule has 0 atom stereocenters. The lowest BCUT2D eigenvalue weighted by Gasteiger charge is -2.20. The number of nitrogens with zero attached hydrogens (tertiary/aromatic N) is 1. The van der Waals surface area contributed by atoms with Gasteiger partial charge >= 0.3 is 0 Å². The number of carbonyl (C=O) groups is 1. The van der Waals surface area contributed by atoms with Crippen LogP contribution in [0.2, 0.25) is 0 Å². The third-order valence-corrected chi connectivity index (χ3v) is 2.72. The van der Waals surface area contributed by atoms with E-state index in [0.29, 0.717) is 6.61 Å². The lowest BCUT2D eigenvalue weighted by Crippen LogP contribution is -2.23. The van der Waals surface area contributed by atoms with Crippen molar-refractivity contribution in [2.24, 2.45) is 5.41 Å². The summed E-state index contributed by atoms with van der Waals surface area (Å²) in [6.45, 7) is 8.10. The summed E-state index contributed by atoms with van der Waals surface area (Å²) in [5.41, 5.74) is -0.235. The summed E-state index contributed by atoms with van der Waals surface area (Å²) < 4.78 is 5.49. The molecule has 0 radical (unpaired) electrons. The van der Waals surface area contributed by atoms with Gasteiger partial charge in [0.2, 0.25) is 0 Å². The molecule has 0 amide bonds. The van der Waals surface area contributed by atoms with Crippen LogP contribution in [0.15, 0.2) is 0 Å². The minimum absolute atomic E-state index is 0.235. The Labute approximate surface area is 93.8 Å². The zero-order chi connectivity index (χ0) is 11.9. The lowest BCUT2D eigenvalue weighted by atomic mass is 9.86. The van der Waals surface area contributed by atoms with Crippen LogP contribution in [-0.2, 0) is 9.53 Å². The zero-order valence-corrected chi connectivity index (χ0v) is 10.8. The Balaban J connectivity index is 3.43. The maximum Gasteiger partial charge on any atom is 0.135 e. The molecule has 0 fully saturated rings. The van der Waals surface area contributed by atoms with Crippen molar-refractivity contribution >= 4 is 5.78 Å². The van der Waals surface area contributed by atoms with E-state index < -0.39 is 0 Å². The van der Waals surface area contributed by atoms with Gasteiger partial charge in [0, 0.05) is 18.6 Å². The van der Waals surface area contributed by atoms with Crippen molar-refractivity contribution in [1.82, 2.24) is 4.90 Å². The molecule has 0 aromatic carbocycles. The van der Waals surface area contributed by atoms with Gasteiger partial charge in [0.25, 0.3) is 0 Å². The van der Waals surface area contributed by atoms with E-state index in [2.05, 4.69) is 19.0 Å². The molecule has 0 N–H and O–H groups in total. The maximum absolute atomic E-state index is 11.2. The van der Waals surface area contributed by atoms with Gasteiger partial charge in [-0.25, -0.2) is 0 Å². The second-order valence-electron chi connectivity index (χ2n) is 4.96. The number of hydrogen-bond acceptors (Lipinski definition) is 3. The second-order valence-corrected chi connectivity index (χ2v) is 4.96. The Hall–Kier alpha value is -0.410. The van der Waals surface area contributed by atoms with Gasteiger partial charge in [-0.3, -0.25) is 4.79 Å². The van der Waals surface area contributed by atoms with Crippen molar-refractivity contribution in [2.75, 3.05) is 33.9 Å². The number of hydrogen-bond donors (Lipinski definition) is 0. The van der Waals surface area contributed by atoms with Gasteiger partial charge in [-0.15, -0.1) is 0 Å². The summed E-state index contributed by atoms with van der Waals surface area (Å²) in [5, 5.41) is 0. The smallest absolute Gasteiger partial charge is 0.135 e. The highest BCUT2D eigenvalue weighted by Crippen LogP contribution is 2.20. The van der Waals surface area contributed by atoms with Crippen molar-refractivity contribution < 1.29 is 9.53 Å². The molecule has 3 heteroatoms. The Morgan fingerprint density at radius 2 is 1.87 bits per heavy atom. The molecule has 0 saturated heterocycles. The van der Waals surface area contributed by atoms with Gasteiger partial charge in [-0.1, -0.05) is 13.8 Å². The Morgan fingerprint density at radius 1 is 1.27 bits per heavy atom. The molecule has 0 aromatic rings. The average Bonchev–Trinajstić information content (AvgIpc) is 2.10. The molecule has 90 valence electrons. The molecule has 0 aromatic heterocycles. The van der Waals surface area contributed by atoms with Gasteiger partial charge in [-0.2, -0.15) is 0 Å². The molecule has 0 aliphatic rings. The van der Waals surface area contributed by atoms with Crippen LogP contribution in [0.5, 0.6) is 0 Å². The van der Waals surface area contributed by atoms with Gasteiger partial charge in [0.1, 0.15) is 5.78 Å². The topological polar surface area (TPSA) is 29.5 Å². The van der Waals surface area contributed by atoms with E-state index in [1.165, 1.54) is 0 Å². The molecule has 0 rings (SSSR count). The van der Waals surface area contributed by atoms with Crippen molar-refractivity contribution in [1.29, 1.82) is 0 Å². The van der Waals surface area contributed by atoms with Crippen LogP contribution in [0.25, 0.3) is 0 Å². The van der Waals surface area contributed by atoms with Crippen molar-refractivity contribution in [3.63, 3.8) is 0 Å². The molecule has 0 aliphatic heterocycles. The van der Waals surface area contributed by atoms with Crippen LogP contribution < -0.4 is 0 Å². The zero-order valence-electron chi connectivity index (χ0n) is 10.8. The fourth-order valence-corrected chi connectivity index (χ4v) is 1.09. The van der Waals surface area contributed by atoms with Gasteiger partial charge in [0.05, 0.1) is 0 Å². The van der Waals surface area contributed by atoms with E-state index >= 15 is 0 Å². The third-order valence-electron chi connectivity index (χ3n) is 2.72. The number of ether oxygens (including phenoxy) is 1. The predicted octanol–water partition coefficient (Wildman–Crippen LogP) is 1.96. The lowest BCUT2D eigenvalue weighted by molar-refractivity contribution is -0.125. The number of ketones is 1. The quantitative estimate of drug-likeness (QED) is 0.580. The van der Waals surface area contributed by atoms with Crippen molar-refractivity contribution in [3.8, 4) is 0 Å². The van der Waals surface area contributed by atoms with Crippen LogP contribution >= 0.6 is 0 Å². The fourth-order valence-electron chi connectivity index (χ4n) is 1.09. The standard InChI is InChI=1S/C12H25NO2/c1-11(14)12(2,3)7-10-15-9-6-8-13(4)5/h6-10H2,1-5H3. The van der Waals surface area contributed by atoms with Crippen LogP contribution in [-0.4, -0.2) is 44.5 Å². The van der Waals surface area contributed by atoms with E-state index in [1.807, 2.05) is 13.8 Å². The minimum Gasteiger partial charge on any atom is -0.381 e. The van der Waals surface area contributed by atoms with E-state index in [1.54, 1.807) is 6.92 Å². The van der Waals surface area contributed by atoms with Crippen LogP contribution in [0.1, 0.15) is 33.6 Å². The van der Waals surface area contributed by atoms with E-state index in [-0.39, 0.29) is 11.2 Å². The summed E-state index contributed by atoms with van der Waals surface area (Å²) in [4.78, 5) is 13.4. The fraction of sp³-hybridized carbons (Fsp3) is 0.917. The highest BCUT2D eigenvalue weighted by Gasteiger charge is 2.22. The summed E-state index contributed by atoms with van der Waals surface area (Å²) in [5.74, 6) is 0.236. The molecule has 0 spiro atoms. The van der Waals surface area contributed by atoms with Crippen LogP contribution in [0.4, 0.5) is 0 Å². The third kappa shape index (κ3) is 7.51. The summed E-state index contributed by atoms with van der Waals surface area (Å²) in [6.07, 6.45) is 1.86. The normalized spacial score (nSPS) is 12.1. The first-order chi connectivity index (χ1) is 6.86. The SMILES string of the molecule is CC(=O)C(C)(C)CCOCCCN(C)C. The Bertz CT molecular complexity index is 188. The Morgan fingerprint density at radius 3 is 2.33 bits per heavy atom. The van der Waals surface area contributed by atoms with Gasteiger partial charge in [-0.05, 0) is 40.4 Å². The first kappa shape index (κ1) is 14.6. The number of Topliss-reactive ketones (excluding diaryl/α,β-unsaturated/α-hetero) is 1. The molecular weight excluding hydrogens is 190 g/mol. The molecular formula is C12H25NO2. The van der Waals surface area contributed by atoms with E-state index in [4.69, 9.17) is 4.74 Å². The molecule has 0 heterocycles. The molecule has 0 bridgehead atoms. The molecule has 0 saturated carbocycles. The van der Waals surface area contributed by atoms with Gasteiger partial charge < -0.3 is 9.64 Å². The summed E-state index contributed by atoms with van der Waals surface area (Å²) in [7, 11) is 4.11. The average molecular weight is 215 g/mol. The largest absolute Gasteiger partial charge is 0.381 e. The molecule has 3 nitrogen and oxygen atoms in total. The highest BCUT2D eigenvalue weighted by molar-refractivity contribution is 5.81. The molecule has 15 heavy (non-hydrogen) atoms. The molecule has 0 aliphatic carbocycles. The predicted molar refractivity (Wildman–Crippen MR) is 63.1 cm³/mol. The molecule has 0 unspecified atom stereocenters. The monoisotopic (exact) mass is 215 g/mol. The summed E-state index contributed by atoms with van der Waals surface area (Å²) in [6, 6.07) is 0. The maximum atomic E-state index is 11.2. The number of rotatable bonds is 8. The first-order valence-electron chi connectivity index (χ1n) is 5.60. The minimum atomic E-state index is -0.235. The number of carbonyl (C=O) groups excluding carboxylic acids is 1.